The minimum absolute atomic E-state index is 0.568. The van der Waals surface area contributed by atoms with Gasteiger partial charge in [-0.25, -0.2) is 0 Å². The van der Waals surface area contributed by atoms with Crippen LogP contribution in [0.2, 0.25) is 0 Å². The second-order valence-corrected chi connectivity index (χ2v) is 8.00. The number of nitrogens with zero attached hydrogens (tertiary/aromatic N) is 2. The Labute approximate surface area is 167 Å². The molecule has 3 aromatic rings. The van der Waals surface area contributed by atoms with Crippen molar-refractivity contribution < 1.29 is 0 Å². The fraction of sp³-hybridized carbons (Fsp3) is 0.269. The zero-order valence-corrected chi connectivity index (χ0v) is 16.2. The molecule has 2 unspecified atom stereocenters. The van der Waals surface area contributed by atoms with Crippen LogP contribution in [-0.2, 0) is 6.54 Å². The van der Waals surface area contributed by atoms with Crippen LogP contribution < -0.4 is 0 Å². The molecule has 28 heavy (non-hydrogen) atoms. The van der Waals surface area contributed by atoms with E-state index in [0.717, 1.165) is 18.7 Å². The van der Waals surface area contributed by atoms with Crippen LogP contribution in [0.3, 0.4) is 0 Å². The first-order chi connectivity index (χ1) is 13.9. The number of benzene rings is 2. The SMILES string of the molecule is C1=C(c2ccc(-c3ccccn3)cc2)CC2CCCC1N2Cc1ccccc1. The molecule has 0 amide bonds. The number of aromatic nitrogens is 1. The van der Waals surface area contributed by atoms with Gasteiger partial charge in [0.2, 0.25) is 0 Å². The van der Waals surface area contributed by atoms with Gasteiger partial charge in [-0.15, -0.1) is 0 Å². The lowest BCUT2D eigenvalue weighted by atomic mass is 9.82. The average molecular weight is 367 g/mol. The van der Waals surface area contributed by atoms with Crippen LogP contribution in [0.1, 0.15) is 36.8 Å². The van der Waals surface area contributed by atoms with Crippen molar-refractivity contribution >= 4 is 5.57 Å². The molecule has 0 spiro atoms. The average Bonchev–Trinajstić information content (AvgIpc) is 2.75. The smallest absolute Gasteiger partial charge is 0.0701 e. The maximum Gasteiger partial charge on any atom is 0.0701 e. The molecule has 1 aromatic heterocycles. The number of hydrogen-bond donors (Lipinski definition) is 0. The van der Waals surface area contributed by atoms with Crippen LogP contribution in [0.5, 0.6) is 0 Å². The standard InChI is InChI=1S/C26H26N2/c1-2-7-20(8-3-1)19-28-24-9-6-10-25(28)18-23(17-24)21-12-14-22(15-13-21)26-11-4-5-16-27-26/h1-5,7-8,11-17,24-25H,6,9-10,18-19H2. The molecule has 2 aliphatic rings. The minimum atomic E-state index is 0.568. The van der Waals surface area contributed by atoms with Crippen molar-refractivity contribution in [3.63, 3.8) is 0 Å². The Morgan fingerprint density at radius 2 is 1.61 bits per heavy atom. The number of rotatable bonds is 4. The number of hydrogen-bond acceptors (Lipinski definition) is 2. The Hall–Kier alpha value is -2.71. The maximum absolute atomic E-state index is 4.47. The van der Waals surface area contributed by atoms with Crippen LogP contribution in [-0.4, -0.2) is 22.0 Å². The van der Waals surface area contributed by atoms with Crippen molar-refractivity contribution in [1.29, 1.82) is 0 Å². The van der Waals surface area contributed by atoms with Gasteiger partial charge in [0, 0.05) is 30.4 Å². The van der Waals surface area contributed by atoms with Crippen LogP contribution in [0.4, 0.5) is 0 Å². The van der Waals surface area contributed by atoms with Gasteiger partial charge in [-0.1, -0.05) is 73.2 Å². The fourth-order valence-electron chi connectivity index (χ4n) is 4.76. The zero-order valence-electron chi connectivity index (χ0n) is 16.2. The first-order valence-electron chi connectivity index (χ1n) is 10.4. The summed E-state index contributed by atoms with van der Waals surface area (Å²) < 4.78 is 0. The highest BCUT2D eigenvalue weighted by Crippen LogP contribution is 2.38. The molecule has 0 N–H and O–H groups in total. The summed E-state index contributed by atoms with van der Waals surface area (Å²) in [4.78, 5) is 7.19. The van der Waals surface area contributed by atoms with E-state index in [2.05, 4.69) is 76.6 Å². The van der Waals surface area contributed by atoms with E-state index in [1.807, 2.05) is 18.3 Å². The number of fused-ring (bicyclic) bond motifs is 2. The summed E-state index contributed by atoms with van der Waals surface area (Å²) in [5.74, 6) is 0. The number of pyridine rings is 1. The van der Waals surface area contributed by atoms with Gasteiger partial charge in [-0.3, -0.25) is 9.88 Å². The van der Waals surface area contributed by atoms with Crippen molar-refractivity contribution in [3.05, 3.63) is 96.2 Å². The van der Waals surface area contributed by atoms with Crippen molar-refractivity contribution in [1.82, 2.24) is 9.88 Å². The first-order valence-corrected chi connectivity index (χ1v) is 10.4. The quantitative estimate of drug-likeness (QED) is 0.566. The van der Waals surface area contributed by atoms with Gasteiger partial charge < -0.3 is 0 Å². The summed E-state index contributed by atoms with van der Waals surface area (Å²) in [5.41, 5.74) is 6.54. The lowest BCUT2D eigenvalue weighted by Crippen LogP contribution is -2.47. The van der Waals surface area contributed by atoms with Crippen LogP contribution in [0, 0.1) is 0 Å². The van der Waals surface area contributed by atoms with E-state index >= 15 is 0 Å². The molecule has 2 nitrogen and oxygen atoms in total. The summed E-state index contributed by atoms with van der Waals surface area (Å²) in [6.45, 7) is 1.07. The lowest BCUT2D eigenvalue weighted by molar-refractivity contribution is 0.0951. The molecule has 3 heterocycles. The van der Waals surface area contributed by atoms with Crippen molar-refractivity contribution in [2.24, 2.45) is 0 Å². The van der Waals surface area contributed by atoms with Crippen molar-refractivity contribution in [2.45, 2.75) is 44.3 Å². The summed E-state index contributed by atoms with van der Waals surface area (Å²) in [6, 6.07) is 27.2. The molecule has 0 saturated carbocycles. The molecule has 2 heteroatoms. The Bertz CT molecular complexity index is 945. The van der Waals surface area contributed by atoms with Gasteiger partial charge in [0.15, 0.2) is 0 Å². The predicted molar refractivity (Wildman–Crippen MR) is 116 cm³/mol. The molecule has 2 aliphatic heterocycles. The van der Waals surface area contributed by atoms with Crippen molar-refractivity contribution in [3.8, 4) is 11.3 Å². The van der Waals surface area contributed by atoms with E-state index in [1.54, 1.807) is 0 Å². The normalized spacial score (nSPS) is 21.9. The molecular weight excluding hydrogens is 340 g/mol. The summed E-state index contributed by atoms with van der Waals surface area (Å²) in [7, 11) is 0. The van der Waals surface area contributed by atoms with E-state index < -0.39 is 0 Å². The molecule has 0 aliphatic carbocycles. The van der Waals surface area contributed by atoms with Crippen LogP contribution in [0.25, 0.3) is 16.8 Å². The Morgan fingerprint density at radius 1 is 0.821 bits per heavy atom. The molecule has 2 bridgehead atoms. The van der Waals surface area contributed by atoms with Gasteiger partial charge in [-0.05, 0) is 48.1 Å². The molecule has 0 radical (unpaired) electrons. The second kappa shape index (κ2) is 7.73. The molecule has 5 rings (SSSR count). The van der Waals surface area contributed by atoms with E-state index in [0.29, 0.717) is 12.1 Å². The van der Waals surface area contributed by atoms with Gasteiger partial charge in [-0.2, -0.15) is 0 Å². The van der Waals surface area contributed by atoms with E-state index in [9.17, 15) is 0 Å². The maximum atomic E-state index is 4.47. The predicted octanol–water partition coefficient (Wildman–Crippen LogP) is 5.96. The lowest BCUT2D eigenvalue weighted by Gasteiger charge is -2.45. The minimum Gasteiger partial charge on any atom is -0.289 e. The van der Waals surface area contributed by atoms with E-state index in [-0.39, 0.29) is 0 Å². The molecule has 1 fully saturated rings. The highest BCUT2D eigenvalue weighted by Gasteiger charge is 2.33. The Kier molecular flexibility index (Phi) is 4.80. The van der Waals surface area contributed by atoms with Crippen molar-refractivity contribution in [2.75, 3.05) is 0 Å². The topological polar surface area (TPSA) is 16.1 Å². The first kappa shape index (κ1) is 17.4. The third kappa shape index (κ3) is 3.53. The summed E-state index contributed by atoms with van der Waals surface area (Å²) in [5, 5.41) is 0. The van der Waals surface area contributed by atoms with Crippen LogP contribution >= 0.6 is 0 Å². The molecule has 2 aromatic carbocycles. The Morgan fingerprint density at radius 3 is 2.36 bits per heavy atom. The third-order valence-electron chi connectivity index (χ3n) is 6.21. The van der Waals surface area contributed by atoms with Gasteiger partial charge in [0.25, 0.3) is 0 Å². The molecular formula is C26H26N2. The fourth-order valence-corrected chi connectivity index (χ4v) is 4.76. The van der Waals surface area contributed by atoms with Gasteiger partial charge in [0.05, 0.1) is 5.69 Å². The van der Waals surface area contributed by atoms with E-state index in [1.165, 1.54) is 41.5 Å². The van der Waals surface area contributed by atoms with Crippen LogP contribution in [0.15, 0.2) is 85.1 Å². The second-order valence-electron chi connectivity index (χ2n) is 8.00. The van der Waals surface area contributed by atoms with E-state index in [4.69, 9.17) is 0 Å². The molecule has 1 saturated heterocycles. The molecule has 140 valence electrons. The highest BCUT2D eigenvalue weighted by molar-refractivity contribution is 5.70. The summed E-state index contributed by atoms with van der Waals surface area (Å²) >= 11 is 0. The Balaban J connectivity index is 1.38. The zero-order chi connectivity index (χ0) is 18.8. The summed E-state index contributed by atoms with van der Waals surface area (Å²) in [6.07, 6.45) is 9.49. The number of piperidine rings is 1. The largest absolute Gasteiger partial charge is 0.289 e. The van der Waals surface area contributed by atoms with Gasteiger partial charge in [0.1, 0.15) is 0 Å². The molecule has 2 atom stereocenters. The monoisotopic (exact) mass is 366 g/mol. The highest BCUT2D eigenvalue weighted by atomic mass is 15.2. The van der Waals surface area contributed by atoms with Gasteiger partial charge >= 0.3 is 0 Å². The third-order valence-corrected chi connectivity index (χ3v) is 6.21.